The van der Waals surface area contributed by atoms with E-state index in [1.54, 1.807) is 6.92 Å². The minimum atomic E-state index is -0.853. The third-order valence-electron chi connectivity index (χ3n) is 3.18. The highest BCUT2D eigenvalue weighted by molar-refractivity contribution is 5.78. The molecule has 4 heteroatoms. The SMILES string of the molecule is CCNC(C)(CN(CC)C(C)CC)C(=O)O. The van der Waals surface area contributed by atoms with Crippen LogP contribution in [-0.4, -0.2) is 47.2 Å². The Bertz CT molecular complexity index is 221. The first-order valence-electron chi connectivity index (χ1n) is 6.13. The van der Waals surface area contributed by atoms with Gasteiger partial charge in [-0.25, -0.2) is 0 Å². The molecule has 0 aliphatic heterocycles. The van der Waals surface area contributed by atoms with E-state index >= 15 is 0 Å². The molecule has 0 saturated heterocycles. The average Bonchev–Trinajstić information content (AvgIpc) is 2.25. The first-order chi connectivity index (χ1) is 7.41. The third-order valence-corrected chi connectivity index (χ3v) is 3.18. The standard InChI is InChI=1S/C12H26N2O2/c1-6-10(4)14(8-3)9-12(5,11(15)16)13-7-2/h10,13H,6-9H2,1-5H3,(H,15,16). The van der Waals surface area contributed by atoms with Crippen LogP contribution in [0, 0.1) is 0 Å². The van der Waals surface area contributed by atoms with Gasteiger partial charge in [-0.05, 0) is 33.4 Å². The summed E-state index contributed by atoms with van der Waals surface area (Å²) in [5.74, 6) is -0.781. The van der Waals surface area contributed by atoms with E-state index in [-0.39, 0.29) is 0 Å². The van der Waals surface area contributed by atoms with Gasteiger partial charge in [0.1, 0.15) is 5.54 Å². The molecule has 4 nitrogen and oxygen atoms in total. The number of nitrogens with one attached hydrogen (secondary N) is 1. The van der Waals surface area contributed by atoms with Crippen molar-refractivity contribution in [2.24, 2.45) is 0 Å². The molecule has 0 aliphatic rings. The lowest BCUT2D eigenvalue weighted by molar-refractivity contribution is -0.145. The van der Waals surface area contributed by atoms with Crippen LogP contribution in [0.2, 0.25) is 0 Å². The molecule has 0 radical (unpaired) electrons. The fourth-order valence-corrected chi connectivity index (χ4v) is 1.83. The van der Waals surface area contributed by atoms with Crippen LogP contribution < -0.4 is 5.32 Å². The molecule has 2 N–H and O–H groups in total. The highest BCUT2D eigenvalue weighted by atomic mass is 16.4. The molecule has 0 spiro atoms. The van der Waals surface area contributed by atoms with Crippen LogP contribution in [0.1, 0.15) is 41.0 Å². The van der Waals surface area contributed by atoms with Crippen molar-refractivity contribution in [3.63, 3.8) is 0 Å². The van der Waals surface area contributed by atoms with Crippen LogP contribution in [-0.2, 0) is 4.79 Å². The molecule has 0 bridgehead atoms. The number of aliphatic carboxylic acids is 1. The summed E-state index contributed by atoms with van der Waals surface area (Å²) in [5, 5.41) is 12.3. The number of hydrogen-bond acceptors (Lipinski definition) is 3. The van der Waals surface area contributed by atoms with Crippen molar-refractivity contribution < 1.29 is 9.90 Å². The molecular weight excluding hydrogens is 204 g/mol. The number of carbonyl (C=O) groups is 1. The minimum Gasteiger partial charge on any atom is -0.480 e. The summed E-state index contributed by atoms with van der Waals surface area (Å²) in [6.45, 7) is 12.1. The fraction of sp³-hybridized carbons (Fsp3) is 0.917. The normalized spacial score (nSPS) is 17.1. The van der Waals surface area contributed by atoms with E-state index in [0.29, 0.717) is 19.1 Å². The zero-order valence-electron chi connectivity index (χ0n) is 11.2. The van der Waals surface area contributed by atoms with Crippen LogP contribution >= 0.6 is 0 Å². The van der Waals surface area contributed by atoms with Gasteiger partial charge in [0, 0.05) is 12.6 Å². The molecule has 0 heterocycles. The Hall–Kier alpha value is -0.610. The van der Waals surface area contributed by atoms with Gasteiger partial charge in [-0.15, -0.1) is 0 Å². The second-order valence-electron chi connectivity index (χ2n) is 4.49. The van der Waals surface area contributed by atoms with Crippen molar-refractivity contribution in [3.8, 4) is 0 Å². The summed E-state index contributed by atoms with van der Waals surface area (Å²) in [6, 6.07) is 0.419. The van der Waals surface area contributed by atoms with Gasteiger partial charge >= 0.3 is 5.97 Å². The lowest BCUT2D eigenvalue weighted by atomic mass is 10.0. The lowest BCUT2D eigenvalue weighted by Crippen LogP contribution is -2.58. The molecule has 0 aromatic carbocycles. The monoisotopic (exact) mass is 230 g/mol. The topological polar surface area (TPSA) is 52.6 Å². The Morgan fingerprint density at radius 2 is 2.00 bits per heavy atom. The Morgan fingerprint density at radius 3 is 2.31 bits per heavy atom. The Kier molecular flexibility index (Phi) is 6.60. The molecule has 0 aromatic heterocycles. The van der Waals surface area contributed by atoms with Crippen molar-refractivity contribution in [1.29, 1.82) is 0 Å². The van der Waals surface area contributed by atoms with Crippen molar-refractivity contribution in [2.75, 3.05) is 19.6 Å². The van der Waals surface area contributed by atoms with Gasteiger partial charge in [0.25, 0.3) is 0 Å². The third kappa shape index (κ3) is 4.10. The molecule has 0 aromatic rings. The molecule has 96 valence electrons. The van der Waals surface area contributed by atoms with E-state index in [1.807, 2.05) is 6.92 Å². The average molecular weight is 230 g/mol. The van der Waals surface area contributed by atoms with Crippen LogP contribution in [0.4, 0.5) is 0 Å². The van der Waals surface area contributed by atoms with Crippen LogP contribution in [0.25, 0.3) is 0 Å². The summed E-state index contributed by atoms with van der Waals surface area (Å²) in [5.41, 5.74) is -0.853. The summed E-state index contributed by atoms with van der Waals surface area (Å²) in [4.78, 5) is 13.5. The van der Waals surface area contributed by atoms with Crippen LogP contribution in [0.3, 0.4) is 0 Å². The number of carboxylic acids is 1. The van der Waals surface area contributed by atoms with Gasteiger partial charge in [-0.3, -0.25) is 9.69 Å². The summed E-state index contributed by atoms with van der Waals surface area (Å²) >= 11 is 0. The number of hydrogen-bond donors (Lipinski definition) is 2. The minimum absolute atomic E-state index is 0.419. The molecule has 2 unspecified atom stereocenters. The van der Waals surface area contributed by atoms with E-state index < -0.39 is 11.5 Å². The van der Waals surface area contributed by atoms with Crippen LogP contribution in [0.5, 0.6) is 0 Å². The lowest BCUT2D eigenvalue weighted by Gasteiger charge is -2.35. The summed E-state index contributed by atoms with van der Waals surface area (Å²) < 4.78 is 0. The largest absolute Gasteiger partial charge is 0.480 e. The molecule has 0 saturated carbocycles. The van der Waals surface area contributed by atoms with Gasteiger partial charge in [0.2, 0.25) is 0 Å². The fourth-order valence-electron chi connectivity index (χ4n) is 1.83. The van der Waals surface area contributed by atoms with E-state index in [1.165, 1.54) is 0 Å². The molecule has 16 heavy (non-hydrogen) atoms. The zero-order valence-corrected chi connectivity index (χ0v) is 11.2. The van der Waals surface area contributed by atoms with Gasteiger partial charge < -0.3 is 10.4 Å². The molecular formula is C12H26N2O2. The Balaban J connectivity index is 4.65. The summed E-state index contributed by atoms with van der Waals surface area (Å²) in [6.07, 6.45) is 1.04. The van der Waals surface area contributed by atoms with Crippen molar-refractivity contribution in [3.05, 3.63) is 0 Å². The van der Waals surface area contributed by atoms with Gasteiger partial charge in [-0.1, -0.05) is 20.8 Å². The molecule has 0 fully saturated rings. The second-order valence-corrected chi connectivity index (χ2v) is 4.49. The Morgan fingerprint density at radius 1 is 1.44 bits per heavy atom. The first kappa shape index (κ1) is 15.4. The maximum atomic E-state index is 11.3. The number of carboxylic acid groups (broad SMARTS) is 1. The molecule has 2 atom stereocenters. The first-order valence-corrected chi connectivity index (χ1v) is 6.13. The van der Waals surface area contributed by atoms with Crippen molar-refractivity contribution >= 4 is 5.97 Å². The zero-order chi connectivity index (χ0) is 12.8. The van der Waals surface area contributed by atoms with E-state index in [9.17, 15) is 9.90 Å². The number of likely N-dealkylation sites (N-methyl/N-ethyl adjacent to an activating group) is 2. The van der Waals surface area contributed by atoms with Gasteiger partial charge in [-0.2, -0.15) is 0 Å². The van der Waals surface area contributed by atoms with Crippen molar-refractivity contribution in [1.82, 2.24) is 10.2 Å². The van der Waals surface area contributed by atoms with E-state index in [0.717, 1.165) is 13.0 Å². The number of rotatable bonds is 8. The molecule has 0 aliphatic carbocycles. The van der Waals surface area contributed by atoms with E-state index in [4.69, 9.17) is 0 Å². The predicted molar refractivity (Wildman–Crippen MR) is 66.7 cm³/mol. The quantitative estimate of drug-likeness (QED) is 0.664. The highest BCUT2D eigenvalue weighted by Gasteiger charge is 2.34. The van der Waals surface area contributed by atoms with Gasteiger partial charge in [0.15, 0.2) is 0 Å². The maximum Gasteiger partial charge on any atom is 0.324 e. The highest BCUT2D eigenvalue weighted by Crippen LogP contribution is 2.11. The Labute approximate surface area is 99.0 Å². The second kappa shape index (κ2) is 6.86. The van der Waals surface area contributed by atoms with E-state index in [2.05, 4.69) is 31.0 Å². The summed E-state index contributed by atoms with van der Waals surface area (Å²) in [7, 11) is 0. The van der Waals surface area contributed by atoms with Crippen molar-refractivity contribution in [2.45, 2.75) is 52.6 Å². The molecule has 0 amide bonds. The maximum absolute atomic E-state index is 11.3. The number of nitrogens with zero attached hydrogens (tertiary/aromatic N) is 1. The predicted octanol–water partition coefficient (Wildman–Crippen LogP) is 1.56. The van der Waals surface area contributed by atoms with Gasteiger partial charge in [0.05, 0.1) is 0 Å². The van der Waals surface area contributed by atoms with Crippen LogP contribution in [0.15, 0.2) is 0 Å². The molecule has 0 rings (SSSR count). The smallest absolute Gasteiger partial charge is 0.324 e.